The van der Waals surface area contributed by atoms with E-state index in [1.807, 2.05) is 13.8 Å². The number of rotatable bonds is 1. The second-order valence-electron chi connectivity index (χ2n) is 5.14. The van der Waals surface area contributed by atoms with E-state index in [9.17, 15) is 13.5 Å². The lowest BCUT2D eigenvalue weighted by Gasteiger charge is -2.20. The molecule has 0 aliphatic heterocycles. The summed E-state index contributed by atoms with van der Waals surface area (Å²) in [7, 11) is -4.02. The van der Waals surface area contributed by atoms with Crippen molar-refractivity contribution in [1.82, 2.24) is 0 Å². The molecular formula is C13H21NO4S. The van der Waals surface area contributed by atoms with Crippen LogP contribution in [0.25, 0.3) is 0 Å². The molecule has 1 saturated carbocycles. The summed E-state index contributed by atoms with van der Waals surface area (Å²) in [5.41, 5.74) is 5.95. The Labute approximate surface area is 114 Å². The fourth-order valence-electron chi connectivity index (χ4n) is 1.89. The van der Waals surface area contributed by atoms with Crippen molar-refractivity contribution in [2.45, 2.75) is 49.6 Å². The van der Waals surface area contributed by atoms with Crippen molar-refractivity contribution in [1.29, 1.82) is 0 Å². The molecule has 1 aliphatic rings. The highest BCUT2D eigenvalue weighted by Crippen LogP contribution is 2.27. The van der Waals surface area contributed by atoms with Gasteiger partial charge < -0.3 is 10.8 Å². The van der Waals surface area contributed by atoms with Crippen LogP contribution in [0.5, 0.6) is 0 Å². The van der Waals surface area contributed by atoms with Crippen LogP contribution in [0.15, 0.2) is 29.2 Å². The topological polar surface area (TPSA) is 101 Å². The predicted molar refractivity (Wildman–Crippen MR) is 73.4 cm³/mol. The molecule has 4 N–H and O–H groups in total. The van der Waals surface area contributed by atoms with Crippen molar-refractivity contribution in [3.05, 3.63) is 29.8 Å². The van der Waals surface area contributed by atoms with Gasteiger partial charge in [0.05, 0.1) is 10.5 Å². The van der Waals surface area contributed by atoms with Crippen LogP contribution in [0.4, 0.5) is 0 Å². The lowest BCUT2D eigenvalue weighted by atomic mass is 10.0. The van der Waals surface area contributed by atoms with E-state index in [2.05, 4.69) is 0 Å². The maximum absolute atomic E-state index is 10.5. The highest BCUT2D eigenvalue weighted by molar-refractivity contribution is 7.85. The van der Waals surface area contributed by atoms with Crippen LogP contribution in [0.2, 0.25) is 0 Å². The molecule has 108 valence electrons. The Morgan fingerprint density at radius 1 is 1.32 bits per heavy atom. The maximum Gasteiger partial charge on any atom is 0.294 e. The van der Waals surface area contributed by atoms with Crippen LogP contribution >= 0.6 is 0 Å². The summed E-state index contributed by atoms with van der Waals surface area (Å²) in [5.74, 6) is 0. The van der Waals surface area contributed by atoms with Crippen molar-refractivity contribution in [2.75, 3.05) is 0 Å². The molecule has 0 saturated heterocycles. The zero-order chi connectivity index (χ0) is 14.7. The number of hydrogen-bond acceptors (Lipinski definition) is 4. The molecule has 2 unspecified atom stereocenters. The standard InChI is InChI=1S/C7H8O3S.C6H13NO/c1-6-2-4-7(5-3-6)11(8,9)10;1-6(8)4-2-3-5(6)7/h2-5H,1H3,(H,8,9,10);5,8H,2-4,7H2,1H3. The summed E-state index contributed by atoms with van der Waals surface area (Å²) < 4.78 is 29.6. The van der Waals surface area contributed by atoms with Gasteiger partial charge in [0.15, 0.2) is 0 Å². The molecular weight excluding hydrogens is 266 g/mol. The Hall–Kier alpha value is -0.950. The second kappa shape index (κ2) is 6.00. The lowest BCUT2D eigenvalue weighted by Crippen LogP contribution is -2.40. The summed E-state index contributed by atoms with van der Waals surface area (Å²) in [6, 6.07) is 6.00. The molecule has 1 aromatic carbocycles. The minimum Gasteiger partial charge on any atom is -0.389 e. The van der Waals surface area contributed by atoms with E-state index < -0.39 is 15.7 Å². The fourth-order valence-corrected chi connectivity index (χ4v) is 2.37. The summed E-state index contributed by atoms with van der Waals surface area (Å²) >= 11 is 0. The SMILES string of the molecule is CC1(O)CCCC1N.Cc1ccc(S(=O)(=O)O)cc1. The molecule has 0 bridgehead atoms. The van der Waals surface area contributed by atoms with E-state index in [0.29, 0.717) is 0 Å². The Morgan fingerprint density at radius 3 is 2.11 bits per heavy atom. The fraction of sp³-hybridized carbons (Fsp3) is 0.538. The summed E-state index contributed by atoms with van der Waals surface area (Å²) in [6.07, 6.45) is 2.93. The Balaban J connectivity index is 0.000000200. The molecule has 0 radical (unpaired) electrons. The average Bonchev–Trinajstić information content (AvgIpc) is 2.57. The molecule has 2 atom stereocenters. The van der Waals surface area contributed by atoms with Gasteiger partial charge in [-0.2, -0.15) is 8.42 Å². The summed E-state index contributed by atoms with van der Waals surface area (Å²) in [4.78, 5) is -0.0666. The number of benzene rings is 1. The summed E-state index contributed by atoms with van der Waals surface area (Å²) in [6.45, 7) is 3.65. The van der Waals surface area contributed by atoms with Gasteiger partial charge in [-0.3, -0.25) is 4.55 Å². The number of hydrogen-bond donors (Lipinski definition) is 3. The molecule has 0 aromatic heterocycles. The summed E-state index contributed by atoms with van der Waals surface area (Å²) in [5, 5.41) is 9.34. The van der Waals surface area contributed by atoms with Gasteiger partial charge in [-0.05, 0) is 45.2 Å². The third kappa shape index (κ3) is 4.91. The number of aryl methyl sites for hydroxylation is 1. The van der Waals surface area contributed by atoms with Crippen molar-refractivity contribution in [3.63, 3.8) is 0 Å². The van der Waals surface area contributed by atoms with Crippen molar-refractivity contribution in [3.8, 4) is 0 Å². The molecule has 0 amide bonds. The Kier molecular flexibility index (Phi) is 5.09. The van der Waals surface area contributed by atoms with Crippen LogP contribution in [-0.4, -0.2) is 29.7 Å². The molecule has 6 heteroatoms. The molecule has 0 spiro atoms. The van der Waals surface area contributed by atoms with Gasteiger partial charge in [-0.1, -0.05) is 17.7 Å². The maximum atomic E-state index is 10.5. The number of nitrogens with two attached hydrogens (primary N) is 1. The highest BCUT2D eigenvalue weighted by atomic mass is 32.2. The van der Waals surface area contributed by atoms with Crippen molar-refractivity contribution >= 4 is 10.1 Å². The Morgan fingerprint density at radius 2 is 1.84 bits per heavy atom. The normalized spacial score (nSPS) is 26.7. The zero-order valence-corrected chi connectivity index (χ0v) is 12.0. The largest absolute Gasteiger partial charge is 0.389 e. The Bertz CT molecular complexity index is 508. The lowest BCUT2D eigenvalue weighted by molar-refractivity contribution is 0.0518. The first-order valence-electron chi connectivity index (χ1n) is 6.15. The van der Waals surface area contributed by atoms with Gasteiger partial charge in [0, 0.05) is 6.04 Å². The van der Waals surface area contributed by atoms with Gasteiger partial charge >= 0.3 is 0 Å². The van der Waals surface area contributed by atoms with Gasteiger partial charge in [0.25, 0.3) is 10.1 Å². The van der Waals surface area contributed by atoms with E-state index in [1.54, 1.807) is 12.1 Å². The van der Waals surface area contributed by atoms with E-state index >= 15 is 0 Å². The van der Waals surface area contributed by atoms with Crippen LogP contribution in [0.1, 0.15) is 31.7 Å². The second-order valence-corrected chi connectivity index (χ2v) is 6.57. The van der Waals surface area contributed by atoms with Crippen LogP contribution in [0.3, 0.4) is 0 Å². The monoisotopic (exact) mass is 287 g/mol. The molecule has 1 aliphatic carbocycles. The smallest absolute Gasteiger partial charge is 0.294 e. The molecule has 19 heavy (non-hydrogen) atoms. The first kappa shape index (κ1) is 16.1. The number of aliphatic hydroxyl groups is 1. The predicted octanol–water partition coefficient (Wildman–Crippen LogP) is 1.49. The van der Waals surface area contributed by atoms with E-state index in [4.69, 9.17) is 10.3 Å². The molecule has 5 nitrogen and oxygen atoms in total. The minimum atomic E-state index is -4.02. The average molecular weight is 287 g/mol. The third-order valence-corrected chi connectivity index (χ3v) is 4.18. The molecule has 1 fully saturated rings. The van der Waals surface area contributed by atoms with Crippen LogP contribution < -0.4 is 5.73 Å². The zero-order valence-electron chi connectivity index (χ0n) is 11.2. The van der Waals surface area contributed by atoms with Gasteiger partial charge in [-0.15, -0.1) is 0 Å². The highest BCUT2D eigenvalue weighted by Gasteiger charge is 2.33. The molecule has 1 aromatic rings. The van der Waals surface area contributed by atoms with Crippen molar-refractivity contribution < 1.29 is 18.1 Å². The van der Waals surface area contributed by atoms with Gasteiger partial charge in [-0.25, -0.2) is 0 Å². The minimum absolute atomic E-state index is 0.0162. The molecule has 0 heterocycles. The van der Waals surface area contributed by atoms with E-state index in [-0.39, 0.29) is 10.9 Å². The van der Waals surface area contributed by atoms with E-state index in [0.717, 1.165) is 24.8 Å². The van der Waals surface area contributed by atoms with Crippen molar-refractivity contribution in [2.24, 2.45) is 5.73 Å². The first-order valence-corrected chi connectivity index (χ1v) is 7.59. The van der Waals surface area contributed by atoms with Gasteiger partial charge in [0.1, 0.15) is 0 Å². The van der Waals surface area contributed by atoms with Crippen LogP contribution in [-0.2, 0) is 10.1 Å². The van der Waals surface area contributed by atoms with E-state index in [1.165, 1.54) is 12.1 Å². The quantitative estimate of drug-likeness (QED) is 0.679. The molecule has 2 rings (SSSR count). The third-order valence-electron chi connectivity index (χ3n) is 3.32. The van der Waals surface area contributed by atoms with Gasteiger partial charge in [0.2, 0.25) is 0 Å². The van der Waals surface area contributed by atoms with Crippen LogP contribution in [0, 0.1) is 6.92 Å². The first-order chi connectivity index (χ1) is 8.63.